The van der Waals surface area contributed by atoms with Crippen LogP contribution >= 0.6 is 0 Å². The van der Waals surface area contributed by atoms with Crippen LogP contribution in [-0.4, -0.2) is 27.3 Å². The Bertz CT molecular complexity index is 1690. The van der Waals surface area contributed by atoms with E-state index in [1.165, 1.54) is 5.56 Å². The molecule has 1 aliphatic heterocycles. The molecule has 3 aromatic heterocycles. The zero-order valence-electron chi connectivity index (χ0n) is 19.7. The third-order valence-corrected chi connectivity index (χ3v) is 6.54. The smallest absolute Gasteiger partial charge is 0.260 e. The zero-order valence-corrected chi connectivity index (χ0v) is 19.7. The molecule has 180 valence electrons. The molecular weight excluding hydrogens is 454 g/mol. The second-order valence-corrected chi connectivity index (χ2v) is 8.98. The fourth-order valence-corrected chi connectivity index (χ4v) is 4.60. The predicted molar refractivity (Wildman–Crippen MR) is 139 cm³/mol. The summed E-state index contributed by atoms with van der Waals surface area (Å²) in [5, 5.41) is 0.876. The lowest BCUT2D eigenvalue weighted by Crippen LogP contribution is -2.23. The van der Waals surface area contributed by atoms with Crippen molar-refractivity contribution in [3.63, 3.8) is 0 Å². The van der Waals surface area contributed by atoms with Gasteiger partial charge in [-0.15, -0.1) is 0 Å². The molecule has 7 nitrogen and oxygen atoms in total. The molecule has 0 aliphatic carbocycles. The van der Waals surface area contributed by atoms with Gasteiger partial charge in [0, 0.05) is 25.4 Å². The molecule has 0 amide bonds. The number of aromatic nitrogens is 3. The minimum Gasteiger partial charge on any atom is -0.490 e. The first-order chi connectivity index (χ1) is 17.7. The lowest BCUT2D eigenvalue weighted by molar-refractivity contribution is 0.297. The van der Waals surface area contributed by atoms with Crippen molar-refractivity contribution in [2.75, 3.05) is 13.2 Å². The van der Waals surface area contributed by atoms with Gasteiger partial charge in [0.15, 0.2) is 11.5 Å². The molecule has 0 bridgehead atoms. The number of pyridine rings is 3. The molecule has 36 heavy (non-hydrogen) atoms. The number of hydrogen-bond donors (Lipinski definition) is 0. The second-order valence-electron chi connectivity index (χ2n) is 8.98. The standard InChI is InChI=1S/C29H25N3O4/c33-28-22-18-23-25(30-24(22)10-13-31(28)12-9-20-5-2-1-3-6-20)11-14-32(29(23)34)19-21-7-8-26-27(17-21)36-16-4-15-35-26/h1-3,5-8,10-11,13-14,17-18H,4,9,12,15-16,19H2. The van der Waals surface area contributed by atoms with Crippen LogP contribution in [0, 0.1) is 0 Å². The van der Waals surface area contributed by atoms with Gasteiger partial charge in [0.25, 0.3) is 11.1 Å². The summed E-state index contributed by atoms with van der Waals surface area (Å²) in [5.74, 6) is 1.42. The first-order valence-corrected chi connectivity index (χ1v) is 12.1. The van der Waals surface area contributed by atoms with Crippen LogP contribution in [0.3, 0.4) is 0 Å². The van der Waals surface area contributed by atoms with Crippen molar-refractivity contribution in [3.8, 4) is 11.5 Å². The van der Waals surface area contributed by atoms with Gasteiger partial charge in [-0.2, -0.15) is 0 Å². The van der Waals surface area contributed by atoms with Crippen LogP contribution < -0.4 is 20.6 Å². The van der Waals surface area contributed by atoms with Gasteiger partial charge in [-0.25, -0.2) is 4.98 Å². The summed E-state index contributed by atoms with van der Waals surface area (Å²) in [6.07, 6.45) is 5.10. The Hall–Kier alpha value is -4.39. The molecule has 0 N–H and O–H groups in total. The monoisotopic (exact) mass is 479 g/mol. The summed E-state index contributed by atoms with van der Waals surface area (Å²) in [7, 11) is 0. The highest BCUT2D eigenvalue weighted by molar-refractivity contribution is 5.91. The quantitative estimate of drug-likeness (QED) is 0.354. The summed E-state index contributed by atoms with van der Waals surface area (Å²) >= 11 is 0. The lowest BCUT2D eigenvalue weighted by Gasteiger charge is -2.12. The fourth-order valence-electron chi connectivity index (χ4n) is 4.60. The number of ether oxygens (including phenoxy) is 2. The Morgan fingerprint density at radius 3 is 2.19 bits per heavy atom. The molecule has 0 saturated heterocycles. The van der Waals surface area contributed by atoms with Gasteiger partial charge in [0.1, 0.15) is 0 Å². The largest absolute Gasteiger partial charge is 0.490 e. The van der Waals surface area contributed by atoms with E-state index in [1.54, 1.807) is 27.6 Å². The van der Waals surface area contributed by atoms with Crippen molar-refractivity contribution in [2.24, 2.45) is 0 Å². The van der Waals surface area contributed by atoms with Gasteiger partial charge in [-0.1, -0.05) is 36.4 Å². The minimum absolute atomic E-state index is 0.143. The second kappa shape index (κ2) is 9.34. The average Bonchev–Trinajstić information content (AvgIpc) is 3.15. The molecule has 0 fully saturated rings. The van der Waals surface area contributed by atoms with Crippen molar-refractivity contribution < 1.29 is 9.47 Å². The highest BCUT2D eigenvalue weighted by Gasteiger charge is 2.13. The number of nitrogens with zero attached hydrogens (tertiary/aromatic N) is 3. The molecule has 7 heteroatoms. The van der Waals surface area contributed by atoms with E-state index in [-0.39, 0.29) is 11.1 Å². The molecule has 0 unspecified atom stereocenters. The highest BCUT2D eigenvalue weighted by atomic mass is 16.5. The maximum absolute atomic E-state index is 13.4. The first kappa shape index (κ1) is 22.1. The predicted octanol–water partition coefficient (Wildman–Crippen LogP) is 4.16. The third-order valence-electron chi connectivity index (χ3n) is 6.54. The van der Waals surface area contributed by atoms with Crippen molar-refractivity contribution in [3.05, 3.63) is 111 Å². The Morgan fingerprint density at radius 1 is 0.722 bits per heavy atom. The molecule has 0 saturated carbocycles. The van der Waals surface area contributed by atoms with Crippen LogP contribution in [0.2, 0.25) is 0 Å². The Morgan fingerprint density at radius 2 is 1.42 bits per heavy atom. The SMILES string of the molecule is O=c1c2cc3c(=O)n(Cc4ccc5c(c4)OCCCO5)ccc3nc2ccn1CCc1ccccc1. The van der Waals surface area contributed by atoms with Gasteiger partial charge >= 0.3 is 0 Å². The maximum atomic E-state index is 13.4. The topological polar surface area (TPSA) is 75.3 Å². The third kappa shape index (κ3) is 4.24. The van der Waals surface area contributed by atoms with Crippen molar-refractivity contribution in [2.45, 2.75) is 25.9 Å². The molecule has 0 atom stereocenters. The van der Waals surface area contributed by atoms with E-state index in [0.29, 0.717) is 53.9 Å². The summed E-state index contributed by atoms with van der Waals surface area (Å²) < 4.78 is 14.8. The molecule has 0 spiro atoms. The lowest BCUT2D eigenvalue weighted by atomic mass is 10.1. The van der Waals surface area contributed by atoms with Gasteiger partial charge in [0.05, 0.1) is 41.6 Å². The van der Waals surface area contributed by atoms with Gasteiger partial charge in [0.2, 0.25) is 0 Å². The van der Waals surface area contributed by atoms with E-state index in [4.69, 9.17) is 9.47 Å². The van der Waals surface area contributed by atoms with E-state index in [1.807, 2.05) is 60.7 Å². The zero-order chi connectivity index (χ0) is 24.5. The van der Waals surface area contributed by atoms with E-state index in [0.717, 1.165) is 24.2 Å². The van der Waals surface area contributed by atoms with Crippen molar-refractivity contribution >= 4 is 21.8 Å². The van der Waals surface area contributed by atoms with Gasteiger partial charge in [-0.3, -0.25) is 9.59 Å². The fraction of sp³-hybridized carbons (Fsp3) is 0.207. The molecule has 1 aliphatic rings. The minimum atomic E-state index is -0.187. The molecular formula is C29H25N3O4. The van der Waals surface area contributed by atoms with E-state index in [2.05, 4.69) is 4.98 Å². The maximum Gasteiger partial charge on any atom is 0.260 e. The van der Waals surface area contributed by atoms with Crippen LogP contribution in [0.15, 0.2) is 88.7 Å². The van der Waals surface area contributed by atoms with Crippen molar-refractivity contribution in [1.82, 2.24) is 14.1 Å². The molecule has 5 aromatic rings. The van der Waals surface area contributed by atoms with Gasteiger partial charge in [-0.05, 0) is 47.9 Å². The average molecular weight is 480 g/mol. The molecule has 4 heterocycles. The van der Waals surface area contributed by atoms with Crippen LogP contribution in [-0.2, 0) is 19.5 Å². The van der Waals surface area contributed by atoms with Crippen molar-refractivity contribution in [1.29, 1.82) is 0 Å². The van der Waals surface area contributed by atoms with Crippen LogP contribution in [0.25, 0.3) is 21.8 Å². The van der Waals surface area contributed by atoms with Crippen LogP contribution in [0.4, 0.5) is 0 Å². The first-order valence-electron chi connectivity index (χ1n) is 12.1. The summed E-state index contributed by atoms with van der Waals surface area (Å²) in [6, 6.07) is 21.1. The number of hydrogen-bond acceptors (Lipinski definition) is 5. The van der Waals surface area contributed by atoms with Crippen LogP contribution in [0.1, 0.15) is 17.5 Å². The molecule has 6 rings (SSSR count). The summed E-state index contributed by atoms with van der Waals surface area (Å²) in [6.45, 7) is 2.17. The Labute approximate surface area is 207 Å². The number of rotatable bonds is 5. The summed E-state index contributed by atoms with van der Waals surface area (Å²) in [5.41, 5.74) is 2.92. The van der Waals surface area contributed by atoms with Gasteiger partial charge < -0.3 is 18.6 Å². The normalized spacial score (nSPS) is 13.1. The Kier molecular flexibility index (Phi) is 5.73. The highest BCUT2D eigenvalue weighted by Crippen LogP contribution is 2.30. The number of benzene rings is 2. The summed E-state index contributed by atoms with van der Waals surface area (Å²) in [4.78, 5) is 31.2. The van der Waals surface area contributed by atoms with E-state index < -0.39 is 0 Å². The molecule has 2 aromatic carbocycles. The van der Waals surface area contributed by atoms with E-state index >= 15 is 0 Å². The number of fused-ring (bicyclic) bond motifs is 3. The number of aryl methyl sites for hydroxylation is 2. The Balaban J connectivity index is 1.34. The molecule has 0 radical (unpaired) electrons. The van der Waals surface area contributed by atoms with E-state index in [9.17, 15) is 9.59 Å². The van der Waals surface area contributed by atoms with Crippen LogP contribution in [0.5, 0.6) is 11.5 Å².